The molecular formula is C15H20N2O3. The van der Waals surface area contributed by atoms with Gasteiger partial charge in [0.25, 0.3) is 0 Å². The van der Waals surface area contributed by atoms with Crippen LogP contribution in [0.1, 0.15) is 32.6 Å². The second-order valence-corrected chi connectivity index (χ2v) is 5.28. The fourth-order valence-electron chi connectivity index (χ4n) is 1.79. The van der Waals surface area contributed by atoms with Crippen LogP contribution in [0.4, 0.5) is 11.4 Å². The predicted molar refractivity (Wildman–Crippen MR) is 77.3 cm³/mol. The van der Waals surface area contributed by atoms with Gasteiger partial charge in [0.05, 0.1) is 6.10 Å². The summed E-state index contributed by atoms with van der Waals surface area (Å²) in [5.41, 5.74) is 1.42. The lowest BCUT2D eigenvalue weighted by molar-refractivity contribution is -0.117. The van der Waals surface area contributed by atoms with E-state index in [0.717, 1.165) is 18.5 Å². The lowest BCUT2D eigenvalue weighted by atomic mass is 10.2. The number of carbonyl (C=O) groups excluding carboxylic acids is 2. The summed E-state index contributed by atoms with van der Waals surface area (Å²) in [4.78, 5) is 23.2. The van der Waals surface area contributed by atoms with Crippen molar-refractivity contribution in [1.29, 1.82) is 0 Å². The minimum atomic E-state index is -0.472. The summed E-state index contributed by atoms with van der Waals surface area (Å²) in [6.45, 7) is 1.66. The maximum atomic E-state index is 11.6. The molecule has 1 aromatic carbocycles. The van der Waals surface area contributed by atoms with Crippen LogP contribution in [0.15, 0.2) is 24.3 Å². The van der Waals surface area contributed by atoms with Gasteiger partial charge in [0.2, 0.25) is 11.8 Å². The third-order valence-electron chi connectivity index (χ3n) is 3.17. The van der Waals surface area contributed by atoms with Crippen LogP contribution >= 0.6 is 0 Å². The summed E-state index contributed by atoms with van der Waals surface area (Å²) in [5, 5.41) is 14.7. The van der Waals surface area contributed by atoms with Crippen LogP contribution in [0, 0.1) is 5.92 Å². The number of benzene rings is 1. The van der Waals surface area contributed by atoms with Crippen LogP contribution in [0.3, 0.4) is 0 Å². The molecule has 1 saturated carbocycles. The van der Waals surface area contributed by atoms with E-state index in [0.29, 0.717) is 12.1 Å². The van der Waals surface area contributed by atoms with Crippen molar-refractivity contribution < 1.29 is 14.7 Å². The monoisotopic (exact) mass is 276 g/mol. The molecule has 1 unspecified atom stereocenters. The number of carbonyl (C=O) groups is 2. The van der Waals surface area contributed by atoms with E-state index in [1.807, 2.05) is 0 Å². The first kappa shape index (κ1) is 14.5. The molecule has 1 aliphatic rings. The van der Waals surface area contributed by atoms with Crippen molar-refractivity contribution in [2.24, 2.45) is 5.92 Å². The number of rotatable bonds is 6. The molecule has 0 bridgehead atoms. The molecule has 0 heterocycles. The van der Waals surface area contributed by atoms with E-state index < -0.39 is 6.10 Å². The van der Waals surface area contributed by atoms with Gasteiger partial charge in [0.1, 0.15) is 0 Å². The number of nitrogens with one attached hydrogen (secondary N) is 2. The molecule has 108 valence electrons. The summed E-state index contributed by atoms with van der Waals surface area (Å²) in [6.07, 6.45) is 2.21. The number of hydrogen-bond donors (Lipinski definition) is 3. The molecule has 3 N–H and O–H groups in total. The largest absolute Gasteiger partial charge is 0.393 e. The van der Waals surface area contributed by atoms with Crippen molar-refractivity contribution in [2.45, 2.75) is 38.7 Å². The normalized spacial score (nSPS) is 15.5. The lowest BCUT2D eigenvalue weighted by Crippen LogP contribution is -2.15. The van der Waals surface area contributed by atoms with Crippen LogP contribution < -0.4 is 10.6 Å². The van der Waals surface area contributed by atoms with Gasteiger partial charge in [-0.25, -0.2) is 0 Å². The maximum Gasteiger partial charge on any atom is 0.227 e. The number of amides is 2. The van der Waals surface area contributed by atoms with Gasteiger partial charge in [-0.3, -0.25) is 9.59 Å². The lowest BCUT2D eigenvalue weighted by Gasteiger charge is -2.08. The molecular weight excluding hydrogens is 256 g/mol. The molecule has 0 radical (unpaired) electrons. The van der Waals surface area contributed by atoms with Crippen molar-refractivity contribution in [2.75, 3.05) is 10.6 Å². The van der Waals surface area contributed by atoms with Gasteiger partial charge >= 0.3 is 0 Å². The third kappa shape index (κ3) is 4.66. The third-order valence-corrected chi connectivity index (χ3v) is 3.17. The van der Waals surface area contributed by atoms with Gasteiger partial charge in [-0.05, 0) is 50.5 Å². The van der Waals surface area contributed by atoms with Gasteiger partial charge in [0.15, 0.2) is 0 Å². The molecule has 20 heavy (non-hydrogen) atoms. The molecule has 1 aliphatic carbocycles. The fraction of sp³-hybridized carbons (Fsp3) is 0.467. The fourth-order valence-corrected chi connectivity index (χ4v) is 1.79. The van der Waals surface area contributed by atoms with Crippen molar-refractivity contribution in [3.05, 3.63) is 24.3 Å². The number of aliphatic hydroxyl groups excluding tert-OH is 1. The SMILES string of the molecule is CC(O)CCC(=O)Nc1ccc(NC(=O)C2CC2)cc1. The van der Waals surface area contributed by atoms with Crippen molar-refractivity contribution in [3.63, 3.8) is 0 Å². The highest BCUT2D eigenvalue weighted by Crippen LogP contribution is 2.30. The predicted octanol–water partition coefficient (Wildman–Crippen LogP) is 2.13. The van der Waals surface area contributed by atoms with Crippen LogP contribution in [0.2, 0.25) is 0 Å². The molecule has 1 aromatic rings. The van der Waals surface area contributed by atoms with E-state index in [2.05, 4.69) is 10.6 Å². The highest BCUT2D eigenvalue weighted by molar-refractivity contribution is 5.95. The maximum absolute atomic E-state index is 11.6. The Morgan fingerprint density at radius 2 is 1.75 bits per heavy atom. The van der Waals surface area contributed by atoms with Gasteiger partial charge < -0.3 is 15.7 Å². The molecule has 0 aromatic heterocycles. The van der Waals surface area contributed by atoms with Crippen molar-refractivity contribution in [1.82, 2.24) is 0 Å². The number of anilines is 2. The van der Waals surface area contributed by atoms with E-state index >= 15 is 0 Å². The van der Waals surface area contributed by atoms with E-state index in [-0.39, 0.29) is 24.2 Å². The smallest absolute Gasteiger partial charge is 0.227 e. The second-order valence-electron chi connectivity index (χ2n) is 5.28. The Bertz CT molecular complexity index is 478. The average Bonchev–Trinajstić information content (AvgIpc) is 3.23. The zero-order valence-electron chi connectivity index (χ0n) is 11.6. The molecule has 2 rings (SSSR count). The Hall–Kier alpha value is -1.88. The Morgan fingerprint density at radius 1 is 1.20 bits per heavy atom. The first-order valence-corrected chi connectivity index (χ1v) is 6.93. The summed E-state index contributed by atoms with van der Waals surface area (Å²) in [7, 11) is 0. The average molecular weight is 276 g/mol. The van der Waals surface area contributed by atoms with Gasteiger partial charge in [-0.2, -0.15) is 0 Å². The first-order valence-electron chi connectivity index (χ1n) is 6.93. The summed E-state index contributed by atoms with van der Waals surface area (Å²) in [6, 6.07) is 7.04. The van der Waals surface area contributed by atoms with Crippen LogP contribution in [0.5, 0.6) is 0 Å². The van der Waals surface area contributed by atoms with Gasteiger partial charge in [-0.1, -0.05) is 0 Å². The molecule has 5 nitrogen and oxygen atoms in total. The zero-order chi connectivity index (χ0) is 14.5. The van der Waals surface area contributed by atoms with Crippen LogP contribution in [-0.2, 0) is 9.59 Å². The molecule has 0 aliphatic heterocycles. The van der Waals surface area contributed by atoms with E-state index in [4.69, 9.17) is 5.11 Å². The number of aliphatic hydroxyl groups is 1. The van der Waals surface area contributed by atoms with E-state index in [1.165, 1.54) is 0 Å². The molecule has 1 atom stereocenters. The number of hydrogen-bond acceptors (Lipinski definition) is 3. The van der Waals surface area contributed by atoms with Crippen molar-refractivity contribution >= 4 is 23.2 Å². The van der Waals surface area contributed by atoms with E-state index in [1.54, 1.807) is 31.2 Å². The van der Waals surface area contributed by atoms with Gasteiger partial charge in [0, 0.05) is 23.7 Å². The minimum absolute atomic E-state index is 0.0683. The van der Waals surface area contributed by atoms with Crippen LogP contribution in [0.25, 0.3) is 0 Å². The standard InChI is InChI=1S/C15H20N2O3/c1-10(18)2-9-14(19)16-12-5-7-13(8-6-12)17-15(20)11-3-4-11/h5-8,10-11,18H,2-4,9H2,1H3,(H,16,19)(H,17,20). The van der Waals surface area contributed by atoms with Gasteiger partial charge in [-0.15, -0.1) is 0 Å². The Kier molecular flexibility index (Phi) is 4.74. The highest BCUT2D eigenvalue weighted by atomic mass is 16.3. The van der Waals surface area contributed by atoms with Crippen LogP contribution in [-0.4, -0.2) is 23.0 Å². The molecule has 0 saturated heterocycles. The molecule has 5 heteroatoms. The van der Waals surface area contributed by atoms with E-state index in [9.17, 15) is 9.59 Å². The topological polar surface area (TPSA) is 78.4 Å². The summed E-state index contributed by atoms with van der Waals surface area (Å²) >= 11 is 0. The summed E-state index contributed by atoms with van der Waals surface area (Å²) < 4.78 is 0. The minimum Gasteiger partial charge on any atom is -0.393 e. The zero-order valence-corrected chi connectivity index (χ0v) is 11.6. The molecule has 0 spiro atoms. The Balaban J connectivity index is 1.81. The highest BCUT2D eigenvalue weighted by Gasteiger charge is 2.29. The second kappa shape index (κ2) is 6.52. The molecule has 1 fully saturated rings. The summed E-state index contributed by atoms with van der Waals surface area (Å²) in [5.74, 6) is 0.120. The quantitative estimate of drug-likeness (QED) is 0.744. The Labute approximate surface area is 118 Å². The van der Waals surface area contributed by atoms with Crippen molar-refractivity contribution in [3.8, 4) is 0 Å². The Morgan fingerprint density at radius 3 is 2.25 bits per heavy atom. The molecule has 2 amide bonds. The first-order chi connectivity index (χ1) is 9.54.